The largest absolute Gasteiger partial charge is 0.409 e. The van der Waals surface area contributed by atoms with E-state index in [0.29, 0.717) is 17.3 Å². The summed E-state index contributed by atoms with van der Waals surface area (Å²) in [6.45, 7) is 3.13. The van der Waals surface area contributed by atoms with Crippen LogP contribution in [0.25, 0.3) is 0 Å². The number of piperidine rings is 1. The Hall–Kier alpha value is -2.15. The molecule has 1 aliphatic rings. The highest BCUT2D eigenvalue weighted by Crippen LogP contribution is 2.15. The molecule has 2 heterocycles. The second-order valence-electron chi connectivity index (χ2n) is 5.44. The molecular weight excluding hydrogens is 270 g/mol. The molecule has 1 aliphatic heterocycles. The van der Waals surface area contributed by atoms with Crippen LogP contribution in [0.2, 0.25) is 0 Å². The molecule has 0 bridgehead atoms. The van der Waals surface area contributed by atoms with Gasteiger partial charge in [-0.25, -0.2) is 0 Å². The number of oxime groups is 1. The highest BCUT2D eigenvalue weighted by Gasteiger charge is 2.24. The molecule has 4 N–H and O–H groups in total. The van der Waals surface area contributed by atoms with Gasteiger partial charge in [0.1, 0.15) is 5.69 Å². The van der Waals surface area contributed by atoms with Gasteiger partial charge < -0.3 is 21.2 Å². The number of amides is 1. The minimum Gasteiger partial charge on any atom is -0.409 e. The predicted octanol–water partition coefficient (Wildman–Crippen LogP) is 0.389. The average molecular weight is 291 g/mol. The molecule has 7 heteroatoms. The van der Waals surface area contributed by atoms with Crippen LogP contribution in [-0.2, 0) is 0 Å². The van der Waals surface area contributed by atoms with Crippen LogP contribution in [0, 0.1) is 0 Å². The number of pyridine rings is 1. The Morgan fingerprint density at radius 3 is 2.90 bits per heavy atom. The lowest BCUT2D eigenvalue weighted by atomic mass is 9.99. The molecule has 114 valence electrons. The van der Waals surface area contributed by atoms with Crippen LogP contribution < -0.4 is 11.1 Å². The van der Waals surface area contributed by atoms with Gasteiger partial charge in [0.2, 0.25) is 0 Å². The van der Waals surface area contributed by atoms with E-state index in [9.17, 15) is 4.79 Å². The first-order valence-electron chi connectivity index (χ1n) is 6.96. The Kier molecular flexibility index (Phi) is 4.74. The number of carbonyl (C=O) groups is 1. The summed E-state index contributed by atoms with van der Waals surface area (Å²) in [5, 5.41) is 14.5. The molecule has 2 atom stereocenters. The van der Waals surface area contributed by atoms with Crippen LogP contribution in [0.5, 0.6) is 0 Å². The van der Waals surface area contributed by atoms with Crippen molar-refractivity contribution in [1.29, 1.82) is 0 Å². The number of hydrogen-bond acceptors (Lipinski definition) is 5. The number of nitrogens with one attached hydrogen (secondary N) is 1. The fraction of sp³-hybridized carbons (Fsp3) is 0.500. The maximum Gasteiger partial charge on any atom is 0.270 e. The number of nitrogens with zero attached hydrogens (tertiary/aromatic N) is 3. The molecule has 1 saturated heterocycles. The Morgan fingerprint density at radius 1 is 1.57 bits per heavy atom. The number of likely N-dealkylation sites (tertiary alicyclic amines) is 1. The Bertz CT molecular complexity index is 529. The molecule has 2 unspecified atom stereocenters. The third-order valence-electron chi connectivity index (χ3n) is 3.94. The van der Waals surface area contributed by atoms with Crippen molar-refractivity contribution in [3.8, 4) is 0 Å². The van der Waals surface area contributed by atoms with Gasteiger partial charge in [-0.3, -0.25) is 9.78 Å². The molecular formula is C14H21N5O2. The maximum atomic E-state index is 12.2. The van der Waals surface area contributed by atoms with Gasteiger partial charge in [0, 0.05) is 30.4 Å². The first kappa shape index (κ1) is 15.2. The van der Waals surface area contributed by atoms with E-state index >= 15 is 0 Å². The van der Waals surface area contributed by atoms with E-state index in [-0.39, 0.29) is 17.8 Å². The highest BCUT2D eigenvalue weighted by atomic mass is 16.4. The first-order valence-corrected chi connectivity index (χ1v) is 6.96. The van der Waals surface area contributed by atoms with Gasteiger partial charge >= 0.3 is 0 Å². The van der Waals surface area contributed by atoms with Crippen LogP contribution in [0.3, 0.4) is 0 Å². The molecule has 21 heavy (non-hydrogen) atoms. The summed E-state index contributed by atoms with van der Waals surface area (Å²) in [6, 6.07) is 3.81. The molecule has 0 radical (unpaired) electrons. The number of rotatable bonds is 3. The summed E-state index contributed by atoms with van der Waals surface area (Å²) < 4.78 is 0. The lowest BCUT2D eigenvalue weighted by molar-refractivity contribution is 0.0891. The number of nitrogens with two attached hydrogens (primary N) is 1. The number of aromatic nitrogens is 1. The molecule has 0 saturated carbocycles. The standard InChI is InChI=1S/C14H21N5O2/c1-9-7-11(5-6-19(9)2)17-14(20)12-4-3-10(8-16-12)13(15)18-21/h3-4,8-9,11,21H,5-7H2,1-2H3,(H2,15,18)(H,17,20). The highest BCUT2D eigenvalue weighted by molar-refractivity contribution is 5.98. The lowest BCUT2D eigenvalue weighted by Crippen LogP contribution is -2.47. The lowest BCUT2D eigenvalue weighted by Gasteiger charge is -2.35. The van der Waals surface area contributed by atoms with E-state index in [1.807, 2.05) is 0 Å². The smallest absolute Gasteiger partial charge is 0.270 e. The fourth-order valence-electron chi connectivity index (χ4n) is 2.42. The molecule has 1 fully saturated rings. The number of amidine groups is 1. The minimum atomic E-state index is -0.192. The van der Waals surface area contributed by atoms with Crippen molar-refractivity contribution in [3.05, 3.63) is 29.6 Å². The normalized spacial score (nSPS) is 23.8. The molecule has 1 aromatic heterocycles. The monoisotopic (exact) mass is 291 g/mol. The van der Waals surface area contributed by atoms with Crippen molar-refractivity contribution in [2.24, 2.45) is 10.9 Å². The molecule has 1 aromatic rings. The SMILES string of the molecule is CC1CC(NC(=O)c2ccc(/C(N)=N/O)cn2)CCN1C. The maximum absolute atomic E-state index is 12.2. The molecule has 1 amide bonds. The van der Waals surface area contributed by atoms with E-state index in [2.05, 4.69) is 34.3 Å². The third kappa shape index (κ3) is 3.69. The molecule has 7 nitrogen and oxygen atoms in total. The fourth-order valence-corrected chi connectivity index (χ4v) is 2.42. The van der Waals surface area contributed by atoms with Crippen LogP contribution in [-0.4, -0.2) is 52.5 Å². The van der Waals surface area contributed by atoms with Gasteiger partial charge in [0.25, 0.3) is 5.91 Å². The van der Waals surface area contributed by atoms with E-state index in [4.69, 9.17) is 10.9 Å². The van der Waals surface area contributed by atoms with Crippen LogP contribution >= 0.6 is 0 Å². The first-order chi connectivity index (χ1) is 10.0. The summed E-state index contributed by atoms with van der Waals surface area (Å²) in [6.07, 6.45) is 3.29. The summed E-state index contributed by atoms with van der Waals surface area (Å²) in [7, 11) is 2.09. The van der Waals surface area contributed by atoms with Crippen LogP contribution in [0.1, 0.15) is 35.8 Å². The van der Waals surface area contributed by atoms with E-state index in [0.717, 1.165) is 19.4 Å². The van der Waals surface area contributed by atoms with Gasteiger partial charge in [0.05, 0.1) is 0 Å². The van der Waals surface area contributed by atoms with Crippen molar-refractivity contribution in [2.45, 2.75) is 31.8 Å². The quantitative estimate of drug-likeness (QED) is 0.323. The number of carbonyl (C=O) groups excluding carboxylic acids is 1. The summed E-state index contributed by atoms with van der Waals surface area (Å²) >= 11 is 0. The third-order valence-corrected chi connectivity index (χ3v) is 3.94. The van der Waals surface area contributed by atoms with Gasteiger partial charge in [-0.2, -0.15) is 0 Å². The zero-order valence-electron chi connectivity index (χ0n) is 12.3. The summed E-state index contributed by atoms with van der Waals surface area (Å²) in [4.78, 5) is 18.5. The van der Waals surface area contributed by atoms with E-state index in [1.54, 1.807) is 12.1 Å². The molecule has 2 rings (SSSR count). The number of hydrogen-bond donors (Lipinski definition) is 3. The van der Waals surface area contributed by atoms with Gasteiger partial charge in [-0.1, -0.05) is 5.16 Å². The van der Waals surface area contributed by atoms with Gasteiger partial charge in [0.15, 0.2) is 5.84 Å². The van der Waals surface area contributed by atoms with Gasteiger partial charge in [-0.15, -0.1) is 0 Å². The predicted molar refractivity (Wildman–Crippen MR) is 79.3 cm³/mol. The van der Waals surface area contributed by atoms with Crippen LogP contribution in [0.4, 0.5) is 0 Å². The van der Waals surface area contributed by atoms with Crippen molar-refractivity contribution in [2.75, 3.05) is 13.6 Å². The second kappa shape index (κ2) is 6.53. The average Bonchev–Trinajstić information content (AvgIpc) is 2.50. The van der Waals surface area contributed by atoms with Gasteiger partial charge in [-0.05, 0) is 38.9 Å². The Labute approximate surface area is 123 Å². The summed E-state index contributed by atoms with van der Waals surface area (Å²) in [5.41, 5.74) is 6.26. The zero-order valence-corrected chi connectivity index (χ0v) is 12.3. The Balaban J connectivity index is 1.97. The van der Waals surface area contributed by atoms with E-state index < -0.39 is 0 Å². The van der Waals surface area contributed by atoms with Crippen molar-refractivity contribution >= 4 is 11.7 Å². The zero-order chi connectivity index (χ0) is 15.4. The molecule has 0 aliphatic carbocycles. The summed E-state index contributed by atoms with van der Waals surface area (Å²) in [5.74, 6) is -0.221. The van der Waals surface area contributed by atoms with Crippen molar-refractivity contribution in [3.63, 3.8) is 0 Å². The van der Waals surface area contributed by atoms with E-state index in [1.165, 1.54) is 6.20 Å². The Morgan fingerprint density at radius 2 is 2.33 bits per heavy atom. The molecule has 0 spiro atoms. The topological polar surface area (TPSA) is 104 Å². The van der Waals surface area contributed by atoms with Crippen LogP contribution in [0.15, 0.2) is 23.5 Å². The van der Waals surface area contributed by atoms with Crippen molar-refractivity contribution in [1.82, 2.24) is 15.2 Å². The minimum absolute atomic E-state index is 0.0291. The molecule has 0 aromatic carbocycles. The second-order valence-corrected chi connectivity index (χ2v) is 5.44. The van der Waals surface area contributed by atoms with Crippen molar-refractivity contribution < 1.29 is 10.0 Å².